The van der Waals surface area contributed by atoms with Crippen LogP contribution in [0.25, 0.3) is 5.69 Å². The maximum absolute atomic E-state index is 12.0. The Morgan fingerprint density at radius 3 is 2.35 bits per heavy atom. The molecule has 0 N–H and O–H groups in total. The molecule has 10 nitrogen and oxygen atoms in total. The van der Waals surface area contributed by atoms with Crippen LogP contribution < -0.4 is 9.47 Å². The summed E-state index contributed by atoms with van der Waals surface area (Å²) in [6.45, 7) is 7.77. The minimum atomic E-state index is -0.793. The third-order valence-corrected chi connectivity index (χ3v) is 3.96. The monoisotopic (exact) mass is 435 g/mol. The molecule has 1 heterocycles. The van der Waals surface area contributed by atoms with Crippen LogP contribution in [0.2, 0.25) is 0 Å². The van der Waals surface area contributed by atoms with Crippen LogP contribution in [0.1, 0.15) is 52.1 Å². The van der Waals surface area contributed by atoms with Crippen LogP contribution in [0, 0.1) is 17.0 Å². The zero-order chi connectivity index (χ0) is 22.9. The van der Waals surface area contributed by atoms with E-state index in [1.54, 1.807) is 33.8 Å². The number of carbonyl (C=O) groups is 1. The van der Waals surface area contributed by atoms with E-state index in [4.69, 9.17) is 14.2 Å². The average Bonchev–Trinajstić information content (AvgIpc) is 3.02. The van der Waals surface area contributed by atoms with Crippen LogP contribution in [-0.4, -0.2) is 39.8 Å². The zero-order valence-electron chi connectivity index (χ0n) is 18.3. The number of hydrogen-bond acceptors (Lipinski definition) is 8. The first-order chi connectivity index (χ1) is 14.6. The molecule has 0 amide bonds. The van der Waals surface area contributed by atoms with E-state index in [-0.39, 0.29) is 12.5 Å². The van der Waals surface area contributed by atoms with Crippen molar-refractivity contribution in [2.75, 3.05) is 13.2 Å². The molecule has 0 atom stereocenters. The molecule has 2 rings (SSSR count). The summed E-state index contributed by atoms with van der Waals surface area (Å²) >= 11 is 0. The SMILES string of the molecule is Cc1cc(OC(=O)OC(C)(C)C)n(-c2ccc(OCCCCCCO[N+](=O)[O-])cc2)n1. The highest BCUT2D eigenvalue weighted by atomic mass is 16.9. The van der Waals surface area contributed by atoms with E-state index < -0.39 is 16.8 Å². The molecule has 0 fully saturated rings. The molecule has 0 saturated carbocycles. The van der Waals surface area contributed by atoms with Crippen molar-refractivity contribution in [2.24, 2.45) is 0 Å². The Hall–Kier alpha value is -3.30. The summed E-state index contributed by atoms with van der Waals surface area (Å²) in [4.78, 5) is 26.3. The van der Waals surface area contributed by atoms with Gasteiger partial charge in [0.25, 0.3) is 5.09 Å². The minimum absolute atomic E-state index is 0.127. The van der Waals surface area contributed by atoms with Gasteiger partial charge in [0.05, 0.1) is 24.6 Å². The summed E-state index contributed by atoms with van der Waals surface area (Å²) in [5, 5.41) is 13.7. The van der Waals surface area contributed by atoms with Gasteiger partial charge in [-0.25, -0.2) is 9.48 Å². The number of rotatable bonds is 11. The Morgan fingerprint density at radius 2 is 1.74 bits per heavy atom. The largest absolute Gasteiger partial charge is 0.515 e. The number of carbonyl (C=O) groups excluding carboxylic acids is 1. The maximum Gasteiger partial charge on any atom is 0.515 e. The van der Waals surface area contributed by atoms with Crippen LogP contribution in [0.5, 0.6) is 11.6 Å². The highest BCUT2D eigenvalue weighted by molar-refractivity contribution is 5.64. The smallest absolute Gasteiger partial charge is 0.494 e. The number of hydrogen-bond donors (Lipinski definition) is 0. The molecule has 2 aromatic rings. The number of aryl methyl sites for hydroxylation is 1. The maximum atomic E-state index is 12.0. The zero-order valence-corrected chi connectivity index (χ0v) is 18.3. The van der Waals surface area contributed by atoms with E-state index in [0.29, 0.717) is 30.2 Å². The van der Waals surface area contributed by atoms with E-state index in [9.17, 15) is 14.9 Å². The van der Waals surface area contributed by atoms with Gasteiger partial charge in [-0.2, -0.15) is 5.10 Å². The third-order valence-electron chi connectivity index (χ3n) is 3.96. The van der Waals surface area contributed by atoms with E-state index in [2.05, 4.69) is 9.94 Å². The van der Waals surface area contributed by atoms with Gasteiger partial charge in [-0.3, -0.25) is 0 Å². The molecule has 10 heteroatoms. The Kier molecular flexibility index (Phi) is 8.65. The molecular weight excluding hydrogens is 406 g/mol. The summed E-state index contributed by atoms with van der Waals surface area (Å²) in [7, 11) is 0. The molecule has 0 radical (unpaired) electrons. The first-order valence-corrected chi connectivity index (χ1v) is 10.1. The van der Waals surface area contributed by atoms with Crippen LogP contribution in [-0.2, 0) is 9.57 Å². The Bertz CT molecular complexity index is 857. The number of unbranched alkanes of at least 4 members (excludes halogenated alkanes) is 3. The second kappa shape index (κ2) is 11.2. The van der Waals surface area contributed by atoms with Crippen molar-refractivity contribution in [3.8, 4) is 17.3 Å². The molecule has 0 bridgehead atoms. The van der Waals surface area contributed by atoms with Crippen molar-refractivity contribution < 1.29 is 28.9 Å². The van der Waals surface area contributed by atoms with Gasteiger partial charge in [-0.15, -0.1) is 10.1 Å². The number of benzene rings is 1. The molecule has 31 heavy (non-hydrogen) atoms. The van der Waals surface area contributed by atoms with Crippen LogP contribution >= 0.6 is 0 Å². The Morgan fingerprint density at radius 1 is 1.10 bits per heavy atom. The van der Waals surface area contributed by atoms with Gasteiger partial charge in [0, 0.05) is 6.07 Å². The fraction of sp³-hybridized carbons (Fsp3) is 0.524. The van der Waals surface area contributed by atoms with Crippen LogP contribution in [0.4, 0.5) is 4.79 Å². The highest BCUT2D eigenvalue weighted by Crippen LogP contribution is 2.23. The predicted molar refractivity (Wildman–Crippen MR) is 112 cm³/mol. The molecule has 0 aliphatic rings. The second-order valence-electron chi connectivity index (χ2n) is 7.92. The van der Waals surface area contributed by atoms with Gasteiger partial charge in [-0.1, -0.05) is 12.8 Å². The van der Waals surface area contributed by atoms with Crippen molar-refractivity contribution >= 4 is 6.16 Å². The van der Waals surface area contributed by atoms with Crippen molar-refractivity contribution in [3.63, 3.8) is 0 Å². The topological polar surface area (TPSA) is 115 Å². The lowest BCUT2D eigenvalue weighted by atomic mass is 10.2. The summed E-state index contributed by atoms with van der Waals surface area (Å²) < 4.78 is 17.8. The first-order valence-electron chi connectivity index (χ1n) is 10.1. The van der Waals surface area contributed by atoms with Crippen molar-refractivity contribution in [3.05, 3.63) is 46.1 Å². The quantitative estimate of drug-likeness (QED) is 0.217. The molecular formula is C21H29N3O7. The normalized spacial score (nSPS) is 11.1. The molecule has 0 unspecified atom stereocenters. The number of aromatic nitrogens is 2. The third kappa shape index (κ3) is 8.93. The lowest BCUT2D eigenvalue weighted by Gasteiger charge is -2.18. The molecule has 0 saturated heterocycles. The lowest BCUT2D eigenvalue weighted by Crippen LogP contribution is -2.26. The Labute approximate surface area is 181 Å². The molecule has 0 aliphatic heterocycles. The summed E-state index contributed by atoms with van der Waals surface area (Å²) in [6, 6.07) is 8.92. The highest BCUT2D eigenvalue weighted by Gasteiger charge is 2.20. The average molecular weight is 435 g/mol. The first kappa shape index (κ1) is 24.0. The molecule has 0 aliphatic carbocycles. The van der Waals surface area contributed by atoms with Gasteiger partial charge >= 0.3 is 6.16 Å². The second-order valence-corrected chi connectivity index (χ2v) is 7.92. The van der Waals surface area contributed by atoms with E-state index in [0.717, 1.165) is 19.3 Å². The van der Waals surface area contributed by atoms with Crippen molar-refractivity contribution in [2.45, 2.75) is 59.0 Å². The fourth-order valence-electron chi connectivity index (χ4n) is 2.66. The van der Waals surface area contributed by atoms with Gasteiger partial charge < -0.3 is 19.0 Å². The fourth-order valence-corrected chi connectivity index (χ4v) is 2.66. The molecule has 1 aromatic heterocycles. The summed E-state index contributed by atoms with van der Waals surface area (Å²) in [5.41, 5.74) is 0.756. The predicted octanol–water partition coefficient (Wildman–Crippen LogP) is 4.64. The minimum Gasteiger partial charge on any atom is -0.494 e. The lowest BCUT2D eigenvalue weighted by molar-refractivity contribution is -0.757. The van der Waals surface area contributed by atoms with Gasteiger partial charge in [0.2, 0.25) is 5.88 Å². The van der Waals surface area contributed by atoms with Crippen LogP contribution in [0.3, 0.4) is 0 Å². The van der Waals surface area contributed by atoms with Gasteiger partial charge in [0.15, 0.2) is 0 Å². The molecule has 1 aromatic carbocycles. The van der Waals surface area contributed by atoms with E-state index in [1.807, 2.05) is 24.3 Å². The summed E-state index contributed by atoms with van der Waals surface area (Å²) in [6.07, 6.45) is 2.43. The molecule has 170 valence electrons. The van der Waals surface area contributed by atoms with Crippen molar-refractivity contribution in [1.82, 2.24) is 9.78 Å². The summed E-state index contributed by atoms with van der Waals surface area (Å²) in [5.74, 6) is 0.973. The molecule has 0 spiro atoms. The number of nitrogens with zero attached hydrogens (tertiary/aromatic N) is 3. The van der Waals surface area contributed by atoms with Crippen molar-refractivity contribution in [1.29, 1.82) is 0 Å². The standard InChI is InChI=1S/C21H29N3O7/c1-16-15-19(30-20(25)31-21(2,3)4)23(22-16)17-9-11-18(12-10-17)28-13-7-5-6-8-14-29-24(26)27/h9-12,15H,5-8,13-14H2,1-4H3. The number of ether oxygens (including phenoxy) is 3. The van der Waals surface area contributed by atoms with E-state index >= 15 is 0 Å². The van der Waals surface area contributed by atoms with Gasteiger partial charge in [-0.05, 0) is 64.8 Å². The van der Waals surface area contributed by atoms with E-state index in [1.165, 1.54) is 4.68 Å². The van der Waals surface area contributed by atoms with Crippen LogP contribution in [0.15, 0.2) is 30.3 Å². The Balaban J connectivity index is 1.84. The van der Waals surface area contributed by atoms with Gasteiger partial charge in [0.1, 0.15) is 11.4 Å².